The highest BCUT2D eigenvalue weighted by Crippen LogP contribution is 2.28. The van der Waals surface area contributed by atoms with Crippen LogP contribution in [0.4, 0.5) is 0 Å². The van der Waals surface area contributed by atoms with Gasteiger partial charge in [0.15, 0.2) is 18.5 Å². The van der Waals surface area contributed by atoms with Gasteiger partial charge in [0, 0.05) is 12.3 Å². The van der Waals surface area contributed by atoms with E-state index in [0.717, 1.165) is 11.1 Å². The van der Waals surface area contributed by atoms with Crippen LogP contribution in [0.2, 0.25) is 0 Å². The summed E-state index contributed by atoms with van der Waals surface area (Å²) in [5.41, 5.74) is 1.97. The van der Waals surface area contributed by atoms with Crippen molar-refractivity contribution in [1.29, 1.82) is 0 Å². The van der Waals surface area contributed by atoms with Gasteiger partial charge in [0.25, 0.3) is 0 Å². The van der Waals surface area contributed by atoms with E-state index >= 15 is 0 Å². The normalized spacial score (nSPS) is 16.0. The molecule has 0 aliphatic carbocycles. The van der Waals surface area contributed by atoms with E-state index in [-0.39, 0.29) is 18.1 Å². The van der Waals surface area contributed by atoms with Crippen LogP contribution in [0, 0.1) is 0 Å². The molecule has 1 N–H and O–H groups in total. The van der Waals surface area contributed by atoms with E-state index in [1.54, 1.807) is 17.5 Å². The molecule has 2 aromatic carbocycles. The van der Waals surface area contributed by atoms with Crippen LogP contribution in [-0.2, 0) is 19.2 Å². The highest BCUT2D eigenvalue weighted by atomic mass is 32.1. The molecule has 0 radical (unpaired) electrons. The highest BCUT2D eigenvalue weighted by molar-refractivity contribution is 7.13. The molecule has 0 fully saturated rings. The number of oxime groups is 1. The standard InChI is InChI=1S/C25H20N2O5S/c28-20-14-19(16-31-27-23(25(29)30)22-12-7-13-33-22)26-15-21(20)32-24(17-8-3-1-4-9-17)18-10-5-2-6-11-18/h1-15,21,24H,16H2,(H,29,30)/b27-23-. The van der Waals surface area contributed by atoms with E-state index in [0.29, 0.717) is 10.6 Å². The SMILES string of the molecule is O=C(O)/C(=N\OCC1=CC(=O)C(OC(c2ccccc2)c2ccccc2)C=N1)c1cccs1. The molecular weight excluding hydrogens is 440 g/mol. The van der Waals surface area contributed by atoms with Crippen molar-refractivity contribution in [2.45, 2.75) is 12.2 Å². The van der Waals surface area contributed by atoms with Crippen molar-refractivity contribution < 1.29 is 24.3 Å². The number of aliphatic carboxylic acids is 1. The number of carboxylic acids is 1. The molecule has 3 aromatic rings. The molecule has 0 saturated heterocycles. The number of hydrogen-bond donors (Lipinski definition) is 1. The summed E-state index contributed by atoms with van der Waals surface area (Å²) in [5, 5.41) is 14.8. The molecule has 33 heavy (non-hydrogen) atoms. The minimum Gasteiger partial charge on any atom is -0.476 e. The third-order valence-corrected chi connectivity index (χ3v) is 5.65. The fourth-order valence-corrected chi connectivity index (χ4v) is 3.92. The van der Waals surface area contributed by atoms with Gasteiger partial charge in [-0.3, -0.25) is 9.79 Å². The molecule has 2 heterocycles. The second-order valence-corrected chi connectivity index (χ2v) is 8.02. The van der Waals surface area contributed by atoms with Gasteiger partial charge in [0.05, 0.1) is 10.6 Å². The van der Waals surface area contributed by atoms with E-state index in [4.69, 9.17) is 9.57 Å². The molecule has 8 heteroatoms. The van der Waals surface area contributed by atoms with Gasteiger partial charge >= 0.3 is 5.97 Å². The number of aliphatic imine (C=N–C) groups is 1. The molecule has 4 rings (SSSR count). The quantitative estimate of drug-likeness (QED) is 0.380. The number of ketones is 1. The van der Waals surface area contributed by atoms with E-state index < -0.39 is 18.2 Å². The first-order chi connectivity index (χ1) is 16.1. The van der Waals surface area contributed by atoms with E-state index in [2.05, 4.69) is 10.1 Å². The summed E-state index contributed by atoms with van der Waals surface area (Å²) < 4.78 is 6.16. The number of nitrogens with zero attached hydrogens (tertiary/aromatic N) is 2. The summed E-state index contributed by atoms with van der Waals surface area (Å²) in [5.74, 6) is -1.47. The maximum absolute atomic E-state index is 12.7. The zero-order valence-corrected chi connectivity index (χ0v) is 18.2. The Morgan fingerprint density at radius 2 is 1.70 bits per heavy atom. The van der Waals surface area contributed by atoms with Gasteiger partial charge in [0.1, 0.15) is 6.10 Å². The average molecular weight is 461 g/mol. The maximum atomic E-state index is 12.7. The predicted octanol–water partition coefficient (Wildman–Crippen LogP) is 4.27. The van der Waals surface area contributed by atoms with Crippen molar-refractivity contribution in [2.24, 2.45) is 10.1 Å². The topological polar surface area (TPSA) is 97.6 Å². The van der Waals surface area contributed by atoms with Crippen molar-refractivity contribution in [1.82, 2.24) is 0 Å². The lowest BCUT2D eigenvalue weighted by molar-refractivity contribution is -0.129. The van der Waals surface area contributed by atoms with Crippen LogP contribution in [0.1, 0.15) is 22.1 Å². The van der Waals surface area contributed by atoms with Gasteiger partial charge in [-0.25, -0.2) is 4.79 Å². The fraction of sp³-hybridized carbons (Fsp3) is 0.120. The number of carbonyl (C=O) groups excluding carboxylic acids is 1. The van der Waals surface area contributed by atoms with Crippen molar-refractivity contribution in [3.8, 4) is 0 Å². The van der Waals surface area contributed by atoms with E-state index in [1.807, 2.05) is 60.7 Å². The Labute approximate surface area is 194 Å². The third-order valence-electron chi connectivity index (χ3n) is 4.78. The smallest absolute Gasteiger partial charge is 0.359 e. The van der Waals surface area contributed by atoms with Gasteiger partial charge in [-0.1, -0.05) is 71.9 Å². The lowest BCUT2D eigenvalue weighted by atomic mass is 10.0. The summed E-state index contributed by atoms with van der Waals surface area (Å²) in [6.45, 7) is -0.141. The first kappa shape index (κ1) is 22.3. The second-order valence-electron chi connectivity index (χ2n) is 7.07. The zero-order chi connectivity index (χ0) is 23.0. The molecule has 0 amide bonds. The van der Waals surface area contributed by atoms with Gasteiger partial charge < -0.3 is 14.7 Å². The van der Waals surface area contributed by atoms with Crippen molar-refractivity contribution in [3.63, 3.8) is 0 Å². The summed E-state index contributed by atoms with van der Waals surface area (Å²) in [7, 11) is 0. The Bertz CT molecular complexity index is 1150. The molecule has 0 saturated carbocycles. The molecule has 1 aliphatic rings. The molecule has 1 aromatic heterocycles. The molecule has 7 nitrogen and oxygen atoms in total. The first-order valence-corrected chi connectivity index (χ1v) is 11.0. The summed E-state index contributed by atoms with van der Waals surface area (Å²) in [4.78, 5) is 34.0. The lowest BCUT2D eigenvalue weighted by Crippen LogP contribution is -2.29. The second kappa shape index (κ2) is 10.6. The van der Waals surface area contributed by atoms with Gasteiger partial charge in [-0.2, -0.15) is 0 Å². The average Bonchev–Trinajstić information content (AvgIpc) is 3.37. The number of thiophene rings is 1. The van der Waals surface area contributed by atoms with Crippen molar-refractivity contribution in [2.75, 3.05) is 6.61 Å². The predicted molar refractivity (Wildman–Crippen MR) is 126 cm³/mol. The van der Waals surface area contributed by atoms with Crippen LogP contribution < -0.4 is 0 Å². The molecule has 0 bridgehead atoms. The number of ether oxygens (including phenoxy) is 1. The maximum Gasteiger partial charge on any atom is 0.359 e. The molecule has 1 aliphatic heterocycles. The van der Waals surface area contributed by atoms with Crippen molar-refractivity contribution in [3.05, 3.63) is 106 Å². The molecule has 0 spiro atoms. The lowest BCUT2D eigenvalue weighted by Gasteiger charge is -2.23. The zero-order valence-electron chi connectivity index (χ0n) is 17.4. The monoisotopic (exact) mass is 460 g/mol. The molecule has 166 valence electrons. The number of benzene rings is 2. The van der Waals surface area contributed by atoms with Crippen LogP contribution in [0.25, 0.3) is 0 Å². The Kier molecular flexibility index (Phi) is 7.19. The van der Waals surface area contributed by atoms with Crippen LogP contribution >= 0.6 is 11.3 Å². The van der Waals surface area contributed by atoms with Crippen LogP contribution in [-0.4, -0.2) is 41.5 Å². The summed E-state index contributed by atoms with van der Waals surface area (Å²) in [6.07, 6.45) is 1.47. The first-order valence-electron chi connectivity index (χ1n) is 10.1. The Morgan fingerprint density at radius 1 is 1.03 bits per heavy atom. The largest absolute Gasteiger partial charge is 0.476 e. The number of hydrogen-bond acceptors (Lipinski definition) is 7. The highest BCUT2D eigenvalue weighted by Gasteiger charge is 2.26. The van der Waals surface area contributed by atoms with Crippen molar-refractivity contribution >= 4 is 35.0 Å². The Morgan fingerprint density at radius 3 is 2.24 bits per heavy atom. The van der Waals surface area contributed by atoms with Crippen LogP contribution in [0.5, 0.6) is 0 Å². The van der Waals surface area contributed by atoms with E-state index in [1.165, 1.54) is 23.6 Å². The number of rotatable bonds is 9. The minimum absolute atomic E-state index is 0.141. The van der Waals surface area contributed by atoms with Gasteiger partial charge in [0.2, 0.25) is 5.71 Å². The van der Waals surface area contributed by atoms with Gasteiger partial charge in [-0.15, -0.1) is 11.3 Å². The van der Waals surface area contributed by atoms with Crippen LogP contribution in [0.15, 0.2) is 100 Å². The minimum atomic E-state index is -1.20. The Balaban J connectivity index is 1.43. The molecule has 1 atom stereocenters. The van der Waals surface area contributed by atoms with Crippen LogP contribution in [0.3, 0.4) is 0 Å². The summed E-state index contributed by atoms with van der Waals surface area (Å²) >= 11 is 1.24. The molecule has 1 unspecified atom stereocenters. The fourth-order valence-electron chi connectivity index (χ4n) is 3.22. The number of carbonyl (C=O) groups is 2. The number of carboxylic acid groups (broad SMARTS) is 1. The Hall–Kier alpha value is -3.88. The third kappa shape index (κ3) is 5.68. The molecular formula is C25H20N2O5S. The van der Waals surface area contributed by atoms with E-state index in [9.17, 15) is 14.7 Å². The van der Waals surface area contributed by atoms with Gasteiger partial charge in [-0.05, 0) is 22.6 Å². The summed E-state index contributed by atoms with van der Waals surface area (Å²) in [6, 6.07) is 22.7.